The van der Waals surface area contributed by atoms with Crippen molar-refractivity contribution in [3.8, 4) is 0 Å². The van der Waals surface area contributed by atoms with Gasteiger partial charge in [-0.15, -0.1) is 0 Å². The van der Waals surface area contributed by atoms with Crippen molar-refractivity contribution in [2.24, 2.45) is 0 Å². The Kier molecular flexibility index (Phi) is 4.21. The molecule has 2 rings (SSSR count). The van der Waals surface area contributed by atoms with E-state index in [1.165, 1.54) is 16.8 Å². The number of anilines is 1. The van der Waals surface area contributed by atoms with Crippen molar-refractivity contribution in [2.75, 3.05) is 11.9 Å². The Labute approximate surface area is 111 Å². The average molecular weight is 290 g/mol. The summed E-state index contributed by atoms with van der Waals surface area (Å²) in [7, 11) is 0. The third-order valence-corrected chi connectivity index (χ3v) is 3.18. The number of nitrogens with one attached hydrogen (secondary N) is 1. The van der Waals surface area contributed by atoms with Crippen LogP contribution in [0.5, 0.6) is 0 Å². The van der Waals surface area contributed by atoms with Crippen molar-refractivity contribution >= 4 is 21.6 Å². The highest BCUT2D eigenvalue weighted by Gasteiger charge is 1.95. The summed E-state index contributed by atoms with van der Waals surface area (Å²) in [4.78, 5) is 0. The van der Waals surface area contributed by atoms with Crippen LogP contribution in [0, 0.1) is 6.92 Å². The molecule has 17 heavy (non-hydrogen) atoms. The van der Waals surface area contributed by atoms with E-state index in [9.17, 15) is 0 Å². The van der Waals surface area contributed by atoms with E-state index in [4.69, 9.17) is 0 Å². The van der Waals surface area contributed by atoms with Gasteiger partial charge in [0.25, 0.3) is 0 Å². The van der Waals surface area contributed by atoms with Crippen LogP contribution in [0.4, 0.5) is 5.69 Å². The lowest BCUT2D eigenvalue weighted by molar-refractivity contribution is 1.02. The van der Waals surface area contributed by atoms with Crippen molar-refractivity contribution in [3.05, 3.63) is 64.1 Å². The van der Waals surface area contributed by atoms with Crippen LogP contribution in [-0.4, -0.2) is 6.54 Å². The van der Waals surface area contributed by atoms with Crippen LogP contribution in [0.1, 0.15) is 11.1 Å². The van der Waals surface area contributed by atoms with Gasteiger partial charge in [0.2, 0.25) is 0 Å². The normalized spacial score (nSPS) is 10.2. The molecule has 0 spiro atoms. The Balaban J connectivity index is 1.85. The molecule has 2 heteroatoms. The second-order valence-corrected chi connectivity index (χ2v) is 5.09. The first-order valence-electron chi connectivity index (χ1n) is 5.79. The molecule has 2 aromatic carbocycles. The van der Waals surface area contributed by atoms with Gasteiger partial charge in [0.1, 0.15) is 0 Å². The van der Waals surface area contributed by atoms with Crippen molar-refractivity contribution in [1.29, 1.82) is 0 Å². The predicted octanol–water partition coefficient (Wildman–Crippen LogP) is 4.41. The van der Waals surface area contributed by atoms with Gasteiger partial charge in [-0.2, -0.15) is 0 Å². The molecule has 0 unspecified atom stereocenters. The smallest absolute Gasteiger partial charge is 0.0340 e. The second kappa shape index (κ2) is 5.87. The van der Waals surface area contributed by atoms with Gasteiger partial charge in [0.15, 0.2) is 0 Å². The summed E-state index contributed by atoms with van der Waals surface area (Å²) < 4.78 is 1.14. The topological polar surface area (TPSA) is 12.0 Å². The molecule has 1 nitrogen and oxygen atoms in total. The highest BCUT2D eigenvalue weighted by molar-refractivity contribution is 9.10. The van der Waals surface area contributed by atoms with E-state index in [-0.39, 0.29) is 0 Å². The summed E-state index contributed by atoms with van der Waals surface area (Å²) in [5.41, 5.74) is 3.83. The fraction of sp³-hybridized carbons (Fsp3) is 0.200. The largest absolute Gasteiger partial charge is 0.385 e. The number of halogens is 1. The Bertz CT molecular complexity index is 477. The first kappa shape index (κ1) is 12.2. The molecule has 0 aromatic heterocycles. The molecule has 88 valence electrons. The molecule has 2 aromatic rings. The lowest BCUT2D eigenvalue weighted by Gasteiger charge is -2.07. The zero-order valence-electron chi connectivity index (χ0n) is 9.91. The summed E-state index contributed by atoms with van der Waals surface area (Å²) >= 11 is 3.49. The summed E-state index contributed by atoms with van der Waals surface area (Å²) in [5, 5.41) is 3.42. The van der Waals surface area contributed by atoms with Crippen LogP contribution in [0.15, 0.2) is 53.0 Å². The lowest BCUT2D eigenvalue weighted by atomic mass is 10.1. The fourth-order valence-corrected chi connectivity index (χ4v) is 2.16. The summed E-state index contributed by atoms with van der Waals surface area (Å²) in [6.07, 6.45) is 1.04. The number of hydrogen-bond donors (Lipinski definition) is 1. The first-order chi connectivity index (χ1) is 8.24. The molecular weight excluding hydrogens is 274 g/mol. The Morgan fingerprint density at radius 2 is 1.82 bits per heavy atom. The highest BCUT2D eigenvalue weighted by atomic mass is 79.9. The van der Waals surface area contributed by atoms with Crippen molar-refractivity contribution < 1.29 is 0 Å². The molecular formula is C15H16BrN. The molecule has 0 atom stereocenters. The molecule has 0 amide bonds. The Hall–Kier alpha value is -1.28. The second-order valence-electron chi connectivity index (χ2n) is 4.17. The molecule has 0 heterocycles. The van der Waals surface area contributed by atoms with Gasteiger partial charge in [-0.3, -0.25) is 0 Å². The van der Waals surface area contributed by atoms with Gasteiger partial charge in [-0.25, -0.2) is 0 Å². The number of aryl methyl sites for hydroxylation is 1. The maximum atomic E-state index is 3.49. The summed E-state index contributed by atoms with van der Waals surface area (Å²) in [6, 6.07) is 16.9. The van der Waals surface area contributed by atoms with Gasteiger partial charge in [0.05, 0.1) is 0 Å². The van der Waals surface area contributed by atoms with Gasteiger partial charge in [-0.1, -0.05) is 45.8 Å². The number of benzene rings is 2. The van der Waals surface area contributed by atoms with Crippen LogP contribution >= 0.6 is 15.9 Å². The molecule has 0 bridgehead atoms. The maximum absolute atomic E-state index is 3.49. The summed E-state index contributed by atoms with van der Waals surface area (Å²) in [5.74, 6) is 0. The predicted molar refractivity (Wildman–Crippen MR) is 77.5 cm³/mol. The molecule has 0 aliphatic rings. The molecule has 0 radical (unpaired) electrons. The maximum Gasteiger partial charge on any atom is 0.0340 e. The van der Waals surface area contributed by atoms with Crippen LogP contribution in [-0.2, 0) is 6.42 Å². The average Bonchev–Trinajstić information content (AvgIpc) is 2.32. The van der Waals surface area contributed by atoms with E-state index in [0.29, 0.717) is 0 Å². The molecule has 0 saturated carbocycles. The minimum absolute atomic E-state index is 0.958. The third-order valence-electron chi connectivity index (χ3n) is 2.68. The molecule has 0 fully saturated rings. The van der Waals surface area contributed by atoms with E-state index >= 15 is 0 Å². The van der Waals surface area contributed by atoms with E-state index in [1.54, 1.807) is 0 Å². The number of hydrogen-bond acceptors (Lipinski definition) is 1. The lowest BCUT2D eigenvalue weighted by Crippen LogP contribution is -2.04. The van der Waals surface area contributed by atoms with Crippen LogP contribution < -0.4 is 5.32 Å². The third kappa shape index (κ3) is 3.90. The van der Waals surface area contributed by atoms with Crippen molar-refractivity contribution in [1.82, 2.24) is 0 Å². The summed E-state index contributed by atoms with van der Waals surface area (Å²) in [6.45, 7) is 3.06. The zero-order valence-corrected chi connectivity index (χ0v) is 11.5. The fourth-order valence-electron chi connectivity index (χ4n) is 1.72. The van der Waals surface area contributed by atoms with Crippen LogP contribution in [0.25, 0.3) is 0 Å². The van der Waals surface area contributed by atoms with Crippen LogP contribution in [0.3, 0.4) is 0 Å². The molecule has 0 aliphatic heterocycles. The highest BCUT2D eigenvalue weighted by Crippen LogP contribution is 2.13. The SMILES string of the molecule is Cc1ccc(NCCc2cccc(Br)c2)cc1. The molecule has 0 saturated heterocycles. The van der Waals surface area contributed by atoms with E-state index in [1.807, 2.05) is 0 Å². The van der Waals surface area contributed by atoms with Gasteiger partial charge in [0, 0.05) is 16.7 Å². The number of rotatable bonds is 4. The Morgan fingerprint density at radius 3 is 2.53 bits per heavy atom. The molecule has 1 N–H and O–H groups in total. The van der Waals surface area contributed by atoms with Gasteiger partial charge in [-0.05, 0) is 43.2 Å². The quantitative estimate of drug-likeness (QED) is 0.879. The minimum Gasteiger partial charge on any atom is -0.385 e. The monoisotopic (exact) mass is 289 g/mol. The van der Waals surface area contributed by atoms with Gasteiger partial charge < -0.3 is 5.32 Å². The standard InChI is InChI=1S/C15H16BrN/c1-12-5-7-15(8-6-12)17-10-9-13-3-2-4-14(16)11-13/h2-8,11,17H,9-10H2,1H3. The molecule has 0 aliphatic carbocycles. The first-order valence-corrected chi connectivity index (χ1v) is 6.58. The zero-order chi connectivity index (χ0) is 12.1. The van der Waals surface area contributed by atoms with E-state index in [0.717, 1.165) is 17.4 Å². The van der Waals surface area contributed by atoms with Crippen LogP contribution in [0.2, 0.25) is 0 Å². The van der Waals surface area contributed by atoms with Crippen molar-refractivity contribution in [2.45, 2.75) is 13.3 Å². The van der Waals surface area contributed by atoms with Crippen molar-refractivity contribution in [3.63, 3.8) is 0 Å². The Morgan fingerprint density at radius 1 is 1.06 bits per heavy atom. The van der Waals surface area contributed by atoms with E-state index in [2.05, 4.69) is 76.7 Å². The minimum atomic E-state index is 0.958. The van der Waals surface area contributed by atoms with E-state index < -0.39 is 0 Å². The van der Waals surface area contributed by atoms with Gasteiger partial charge >= 0.3 is 0 Å².